The molecule has 1 aliphatic heterocycles. The van der Waals surface area contributed by atoms with Gasteiger partial charge in [0.15, 0.2) is 0 Å². The lowest BCUT2D eigenvalue weighted by Gasteiger charge is -2.26. The quantitative estimate of drug-likeness (QED) is 0.146. The summed E-state index contributed by atoms with van der Waals surface area (Å²) in [6.45, 7) is 10.5. The van der Waals surface area contributed by atoms with Gasteiger partial charge in [-0.1, -0.05) is 32.9 Å². The molecule has 13 nitrogen and oxygen atoms in total. The molecule has 3 heterocycles. The van der Waals surface area contributed by atoms with Crippen LogP contribution in [0.25, 0.3) is 16.1 Å². The van der Waals surface area contributed by atoms with Gasteiger partial charge in [0.05, 0.1) is 24.6 Å². The van der Waals surface area contributed by atoms with Gasteiger partial charge in [-0.05, 0) is 52.6 Å². The molecule has 2 aromatic heterocycles. The van der Waals surface area contributed by atoms with E-state index in [0.29, 0.717) is 17.3 Å². The van der Waals surface area contributed by atoms with Crippen LogP contribution in [0.15, 0.2) is 72.1 Å². The summed E-state index contributed by atoms with van der Waals surface area (Å²) in [5.74, 6) is 1.41. The van der Waals surface area contributed by atoms with Crippen LogP contribution < -0.4 is 15.4 Å². The molecule has 0 unspecified atom stereocenters. The smallest absolute Gasteiger partial charge is 0.324 e. The van der Waals surface area contributed by atoms with Gasteiger partial charge in [0, 0.05) is 47.8 Å². The molecule has 0 saturated carbocycles. The van der Waals surface area contributed by atoms with Gasteiger partial charge >= 0.3 is 6.03 Å². The van der Waals surface area contributed by atoms with Crippen LogP contribution in [0.4, 0.5) is 22.1 Å². The maximum atomic E-state index is 13.0. The number of urea groups is 1. The predicted molar refractivity (Wildman–Crippen MR) is 158 cm³/mol. The SMILES string of the molecule is CC(C)(C)c1cc(NC(=O)Nc2ccc(Oc3cc(N=[N+]=[N-])ncn3)cc2)n(-c2ccc(CN3CCOCC3)cc2)n1. The van der Waals surface area contributed by atoms with E-state index in [-0.39, 0.29) is 17.1 Å². The molecule has 0 bridgehead atoms. The highest BCUT2D eigenvalue weighted by atomic mass is 16.5. The fourth-order valence-electron chi connectivity index (χ4n) is 4.29. The van der Waals surface area contributed by atoms with Crippen molar-refractivity contribution in [3.05, 3.63) is 88.7 Å². The van der Waals surface area contributed by atoms with Gasteiger partial charge in [-0.25, -0.2) is 19.4 Å². The van der Waals surface area contributed by atoms with Crippen molar-refractivity contribution in [2.75, 3.05) is 36.9 Å². The minimum Gasteiger partial charge on any atom is -0.439 e. The molecule has 0 spiro atoms. The largest absolute Gasteiger partial charge is 0.439 e. The average molecular weight is 569 g/mol. The number of benzene rings is 2. The summed E-state index contributed by atoms with van der Waals surface area (Å²) < 4.78 is 12.9. The van der Waals surface area contributed by atoms with Gasteiger partial charge in [-0.15, -0.1) is 0 Å². The van der Waals surface area contributed by atoms with Crippen LogP contribution in [0.3, 0.4) is 0 Å². The summed E-state index contributed by atoms with van der Waals surface area (Å²) in [6, 6.07) is 17.9. The third-order valence-corrected chi connectivity index (χ3v) is 6.52. The molecule has 1 saturated heterocycles. The average Bonchev–Trinajstić information content (AvgIpc) is 3.40. The highest BCUT2D eigenvalue weighted by Crippen LogP contribution is 2.27. The third kappa shape index (κ3) is 7.40. The number of morpholine rings is 1. The zero-order valence-corrected chi connectivity index (χ0v) is 23.7. The number of nitrogens with zero attached hydrogens (tertiary/aromatic N) is 8. The first-order valence-corrected chi connectivity index (χ1v) is 13.5. The summed E-state index contributed by atoms with van der Waals surface area (Å²) in [6.07, 6.45) is 1.25. The van der Waals surface area contributed by atoms with Gasteiger partial charge in [0.25, 0.3) is 0 Å². The van der Waals surface area contributed by atoms with Crippen molar-refractivity contribution < 1.29 is 14.3 Å². The molecule has 2 aromatic carbocycles. The van der Waals surface area contributed by atoms with Gasteiger partial charge in [-0.3, -0.25) is 10.2 Å². The number of azide groups is 1. The Hall–Kier alpha value is -4.97. The number of amides is 2. The minimum absolute atomic E-state index is 0.148. The molecule has 2 amide bonds. The van der Waals surface area contributed by atoms with E-state index >= 15 is 0 Å². The van der Waals surface area contributed by atoms with Crippen LogP contribution in [-0.4, -0.2) is 57.0 Å². The Bertz CT molecular complexity index is 1570. The number of carbonyl (C=O) groups is 1. The number of anilines is 2. The molecule has 216 valence electrons. The molecule has 2 N–H and O–H groups in total. The second kappa shape index (κ2) is 12.7. The lowest BCUT2D eigenvalue weighted by Crippen LogP contribution is -2.35. The molecule has 13 heteroatoms. The molecule has 0 radical (unpaired) electrons. The maximum Gasteiger partial charge on any atom is 0.324 e. The molecule has 42 heavy (non-hydrogen) atoms. The molecular formula is C29H32N10O3. The standard InChI is InChI=1S/C29H32N10O3/c1-29(2,3)24-16-26(39(36-24)22-8-4-20(5-9-22)18-38-12-14-41-15-13-38)34-28(40)33-21-6-10-23(11-7-21)42-27-17-25(35-37-30)31-19-32-27/h4-11,16-17,19H,12-15,18H2,1-3H3,(H2,33,34,40). The molecule has 0 atom stereocenters. The van der Waals surface area contributed by atoms with E-state index in [2.05, 4.69) is 68.4 Å². The lowest BCUT2D eigenvalue weighted by atomic mass is 9.92. The number of carbonyl (C=O) groups excluding carboxylic acids is 1. The van der Waals surface area contributed by atoms with E-state index in [4.69, 9.17) is 20.1 Å². The van der Waals surface area contributed by atoms with Crippen molar-refractivity contribution in [2.45, 2.75) is 32.7 Å². The fourth-order valence-corrected chi connectivity index (χ4v) is 4.29. The topological polar surface area (TPSA) is 155 Å². The van der Waals surface area contributed by atoms with Crippen LogP contribution in [0.5, 0.6) is 11.6 Å². The summed E-state index contributed by atoms with van der Waals surface area (Å²) in [5, 5.41) is 14.0. The second-order valence-electron chi connectivity index (χ2n) is 10.7. The van der Waals surface area contributed by atoms with E-state index in [9.17, 15) is 4.79 Å². The first kappa shape index (κ1) is 28.6. The van der Waals surface area contributed by atoms with Crippen molar-refractivity contribution in [2.24, 2.45) is 5.11 Å². The monoisotopic (exact) mass is 568 g/mol. The molecule has 1 aliphatic rings. The Morgan fingerprint density at radius 3 is 2.48 bits per heavy atom. The Kier molecular flexibility index (Phi) is 8.63. The first-order valence-electron chi connectivity index (χ1n) is 13.5. The van der Waals surface area contributed by atoms with Gasteiger partial charge in [0.2, 0.25) is 5.88 Å². The lowest BCUT2D eigenvalue weighted by molar-refractivity contribution is 0.0342. The van der Waals surface area contributed by atoms with E-state index < -0.39 is 6.03 Å². The fraction of sp³-hybridized carbons (Fsp3) is 0.310. The molecule has 5 rings (SSSR count). The summed E-state index contributed by atoms with van der Waals surface area (Å²) in [5.41, 5.74) is 11.8. The Morgan fingerprint density at radius 1 is 1.05 bits per heavy atom. The van der Waals surface area contributed by atoms with Crippen molar-refractivity contribution >= 4 is 23.4 Å². The molecular weight excluding hydrogens is 536 g/mol. The third-order valence-electron chi connectivity index (χ3n) is 6.52. The van der Waals surface area contributed by atoms with Crippen molar-refractivity contribution in [3.8, 4) is 17.3 Å². The van der Waals surface area contributed by atoms with Crippen molar-refractivity contribution in [3.63, 3.8) is 0 Å². The Balaban J connectivity index is 1.26. The minimum atomic E-state index is -0.413. The van der Waals surface area contributed by atoms with E-state index in [1.54, 1.807) is 28.9 Å². The molecule has 4 aromatic rings. The highest BCUT2D eigenvalue weighted by Gasteiger charge is 2.22. The zero-order valence-electron chi connectivity index (χ0n) is 23.7. The number of rotatable bonds is 8. The van der Waals surface area contributed by atoms with Crippen LogP contribution in [0.2, 0.25) is 0 Å². The number of ether oxygens (including phenoxy) is 2. The van der Waals surface area contributed by atoms with Crippen LogP contribution in [0, 0.1) is 0 Å². The summed E-state index contributed by atoms with van der Waals surface area (Å²) >= 11 is 0. The Labute approximate surface area is 243 Å². The van der Waals surface area contributed by atoms with Gasteiger partial charge in [0.1, 0.15) is 23.7 Å². The number of aromatic nitrogens is 4. The highest BCUT2D eigenvalue weighted by molar-refractivity contribution is 5.99. The number of hydrogen-bond acceptors (Lipinski definition) is 8. The molecule has 0 aliphatic carbocycles. The first-order chi connectivity index (χ1) is 20.3. The van der Waals surface area contributed by atoms with E-state index in [0.717, 1.165) is 44.2 Å². The Morgan fingerprint density at radius 2 is 1.79 bits per heavy atom. The van der Waals surface area contributed by atoms with Gasteiger partial charge in [-0.2, -0.15) is 5.10 Å². The number of hydrogen-bond donors (Lipinski definition) is 2. The van der Waals surface area contributed by atoms with E-state index in [1.165, 1.54) is 18.0 Å². The zero-order chi connectivity index (χ0) is 29.5. The van der Waals surface area contributed by atoms with Crippen LogP contribution >= 0.6 is 0 Å². The normalized spacial score (nSPS) is 13.7. The van der Waals surface area contributed by atoms with E-state index in [1.807, 2.05) is 18.2 Å². The van der Waals surface area contributed by atoms with Gasteiger partial charge < -0.3 is 14.8 Å². The maximum absolute atomic E-state index is 13.0. The predicted octanol–water partition coefficient (Wildman–Crippen LogP) is 6.17. The van der Waals surface area contributed by atoms with Crippen molar-refractivity contribution in [1.29, 1.82) is 0 Å². The van der Waals surface area contributed by atoms with Crippen molar-refractivity contribution in [1.82, 2.24) is 24.6 Å². The second-order valence-corrected chi connectivity index (χ2v) is 10.7. The van der Waals surface area contributed by atoms with Crippen LogP contribution in [0.1, 0.15) is 32.0 Å². The summed E-state index contributed by atoms with van der Waals surface area (Å²) in [4.78, 5) is 25.9. The molecule has 1 fully saturated rings. The number of nitrogens with one attached hydrogen (secondary N) is 2. The van der Waals surface area contributed by atoms with Crippen LogP contribution in [-0.2, 0) is 16.7 Å². The summed E-state index contributed by atoms with van der Waals surface area (Å²) in [7, 11) is 0.